The molecular weight excluding hydrogens is 502 g/mol. The SMILES string of the molecule is CCC(Cn1cnc(=N)c2[nH]c(SC3=COC(c4ccccc4Br)O3)nc21)c1ccccc1. The van der Waals surface area contributed by atoms with Gasteiger partial charge < -0.3 is 19.0 Å². The third kappa shape index (κ3) is 4.56. The number of halogens is 1. The van der Waals surface area contributed by atoms with E-state index in [4.69, 9.17) is 19.9 Å². The van der Waals surface area contributed by atoms with Crippen LogP contribution in [0.1, 0.15) is 36.7 Å². The number of aromatic amines is 1. The fourth-order valence-corrected chi connectivity index (χ4v) is 4.99. The minimum Gasteiger partial charge on any atom is -0.454 e. The zero-order valence-electron chi connectivity index (χ0n) is 17.9. The largest absolute Gasteiger partial charge is 0.454 e. The lowest BCUT2D eigenvalue weighted by molar-refractivity contribution is -0.0278. The van der Waals surface area contributed by atoms with Gasteiger partial charge in [-0.2, -0.15) is 0 Å². The van der Waals surface area contributed by atoms with Crippen molar-refractivity contribution in [2.45, 2.75) is 37.3 Å². The fraction of sp³-hybridized carbons (Fsp3) is 0.208. The number of nitrogens with zero attached hydrogens (tertiary/aromatic N) is 3. The summed E-state index contributed by atoms with van der Waals surface area (Å²) in [5.41, 5.74) is 3.66. The van der Waals surface area contributed by atoms with Crippen LogP contribution in [0.3, 0.4) is 0 Å². The molecule has 0 aliphatic carbocycles. The summed E-state index contributed by atoms with van der Waals surface area (Å²) >= 11 is 4.86. The van der Waals surface area contributed by atoms with Crippen LogP contribution >= 0.6 is 27.7 Å². The zero-order valence-corrected chi connectivity index (χ0v) is 20.3. The van der Waals surface area contributed by atoms with Crippen molar-refractivity contribution >= 4 is 38.9 Å². The molecule has 5 rings (SSSR count). The molecule has 1 aliphatic rings. The molecule has 2 unspecified atom stereocenters. The van der Waals surface area contributed by atoms with E-state index in [1.54, 1.807) is 12.6 Å². The van der Waals surface area contributed by atoms with Gasteiger partial charge in [0.1, 0.15) is 11.8 Å². The molecule has 4 aromatic rings. The highest BCUT2D eigenvalue weighted by atomic mass is 79.9. The normalized spacial score (nSPS) is 16.3. The van der Waals surface area contributed by atoms with E-state index in [1.807, 2.05) is 34.9 Å². The van der Waals surface area contributed by atoms with E-state index >= 15 is 0 Å². The lowest BCUT2D eigenvalue weighted by Gasteiger charge is -2.17. The van der Waals surface area contributed by atoms with Gasteiger partial charge >= 0.3 is 0 Å². The average Bonchev–Trinajstić information content (AvgIpc) is 3.48. The molecule has 33 heavy (non-hydrogen) atoms. The van der Waals surface area contributed by atoms with Gasteiger partial charge in [-0.1, -0.05) is 71.4 Å². The molecule has 2 aromatic carbocycles. The quantitative estimate of drug-likeness (QED) is 0.318. The Kier molecular flexibility index (Phi) is 6.24. The van der Waals surface area contributed by atoms with E-state index in [9.17, 15) is 0 Å². The molecule has 168 valence electrons. The maximum Gasteiger partial charge on any atom is 0.268 e. The van der Waals surface area contributed by atoms with Crippen molar-refractivity contribution in [2.75, 3.05) is 0 Å². The molecule has 7 nitrogen and oxygen atoms in total. The Hall–Kier alpha value is -3.04. The van der Waals surface area contributed by atoms with Gasteiger partial charge in [0.25, 0.3) is 6.29 Å². The number of ether oxygens (including phenoxy) is 2. The van der Waals surface area contributed by atoms with Crippen molar-refractivity contribution in [3.8, 4) is 0 Å². The number of thioether (sulfide) groups is 1. The molecule has 0 saturated heterocycles. The van der Waals surface area contributed by atoms with Crippen LogP contribution in [0.5, 0.6) is 0 Å². The first-order chi connectivity index (χ1) is 16.1. The van der Waals surface area contributed by atoms with E-state index < -0.39 is 6.29 Å². The summed E-state index contributed by atoms with van der Waals surface area (Å²) in [6.07, 6.45) is 3.77. The first-order valence-electron chi connectivity index (χ1n) is 10.6. The van der Waals surface area contributed by atoms with Crippen LogP contribution in [0.2, 0.25) is 0 Å². The summed E-state index contributed by atoms with van der Waals surface area (Å²) in [5.74, 6) is 0.324. The van der Waals surface area contributed by atoms with Crippen LogP contribution in [0, 0.1) is 5.41 Å². The summed E-state index contributed by atoms with van der Waals surface area (Å²) in [4.78, 5) is 12.2. The van der Waals surface area contributed by atoms with Crippen molar-refractivity contribution in [2.24, 2.45) is 0 Å². The van der Waals surface area contributed by atoms with Crippen LogP contribution < -0.4 is 5.49 Å². The highest BCUT2D eigenvalue weighted by molar-refractivity contribution is 9.10. The van der Waals surface area contributed by atoms with Crippen molar-refractivity contribution in [3.05, 3.63) is 93.4 Å². The van der Waals surface area contributed by atoms with Gasteiger partial charge in [0.05, 0.1) is 6.33 Å². The van der Waals surface area contributed by atoms with Crippen molar-refractivity contribution < 1.29 is 9.47 Å². The van der Waals surface area contributed by atoms with Crippen molar-refractivity contribution in [1.29, 1.82) is 5.41 Å². The molecule has 2 aromatic heterocycles. The van der Waals surface area contributed by atoms with E-state index in [0.29, 0.717) is 27.3 Å². The third-order valence-corrected chi connectivity index (χ3v) is 7.05. The third-order valence-electron chi connectivity index (χ3n) is 5.55. The molecule has 0 fully saturated rings. The number of benzene rings is 2. The molecular formula is C24H22BrN5O2S. The first-order valence-corrected chi connectivity index (χ1v) is 12.2. The molecule has 2 atom stereocenters. The Labute approximate surface area is 203 Å². The summed E-state index contributed by atoms with van der Waals surface area (Å²) in [7, 11) is 0. The Morgan fingerprint density at radius 1 is 1.18 bits per heavy atom. The zero-order chi connectivity index (χ0) is 22.8. The fourth-order valence-electron chi connectivity index (χ4n) is 3.80. The highest BCUT2D eigenvalue weighted by Gasteiger charge is 2.25. The monoisotopic (exact) mass is 523 g/mol. The molecule has 9 heteroatoms. The van der Waals surface area contributed by atoms with Gasteiger partial charge in [0.15, 0.2) is 16.3 Å². The van der Waals surface area contributed by atoms with Gasteiger partial charge in [-0.05, 0) is 29.8 Å². The molecule has 0 radical (unpaired) electrons. The molecule has 0 saturated carbocycles. The first kappa shape index (κ1) is 21.8. The second-order valence-electron chi connectivity index (χ2n) is 7.65. The van der Waals surface area contributed by atoms with Crippen LogP contribution in [0.4, 0.5) is 0 Å². The molecule has 1 aliphatic heterocycles. The highest BCUT2D eigenvalue weighted by Crippen LogP contribution is 2.39. The van der Waals surface area contributed by atoms with Crippen molar-refractivity contribution in [1.82, 2.24) is 19.5 Å². The maximum absolute atomic E-state index is 8.24. The predicted molar refractivity (Wildman–Crippen MR) is 130 cm³/mol. The molecule has 0 spiro atoms. The van der Waals surface area contributed by atoms with Crippen LogP contribution in [0.15, 0.2) is 81.9 Å². The second-order valence-corrected chi connectivity index (χ2v) is 9.50. The van der Waals surface area contributed by atoms with Gasteiger partial charge in [0, 0.05) is 22.5 Å². The van der Waals surface area contributed by atoms with Gasteiger partial charge in [-0.15, -0.1) is 0 Å². The number of rotatable bonds is 7. The average molecular weight is 524 g/mol. The number of hydrogen-bond donors (Lipinski definition) is 2. The van der Waals surface area contributed by atoms with Crippen LogP contribution in [-0.2, 0) is 16.0 Å². The van der Waals surface area contributed by atoms with E-state index in [0.717, 1.165) is 23.0 Å². The van der Waals surface area contributed by atoms with E-state index in [-0.39, 0.29) is 5.49 Å². The predicted octanol–water partition coefficient (Wildman–Crippen LogP) is 5.83. The number of imidazole rings is 1. The second kappa shape index (κ2) is 9.44. The topological polar surface area (TPSA) is 88.8 Å². The lowest BCUT2D eigenvalue weighted by Crippen LogP contribution is -2.16. The number of aromatic nitrogens is 4. The smallest absolute Gasteiger partial charge is 0.268 e. The Bertz CT molecular complexity index is 1370. The molecule has 2 N–H and O–H groups in total. The van der Waals surface area contributed by atoms with Crippen LogP contribution in [0.25, 0.3) is 11.2 Å². The van der Waals surface area contributed by atoms with E-state index in [1.165, 1.54) is 17.3 Å². The molecule has 0 amide bonds. The van der Waals surface area contributed by atoms with Crippen molar-refractivity contribution in [3.63, 3.8) is 0 Å². The Morgan fingerprint density at radius 3 is 2.76 bits per heavy atom. The van der Waals surface area contributed by atoms with E-state index in [2.05, 4.69) is 57.1 Å². The van der Waals surface area contributed by atoms with Crippen LogP contribution in [-0.4, -0.2) is 19.5 Å². The summed E-state index contributed by atoms with van der Waals surface area (Å²) < 4.78 is 14.6. The van der Waals surface area contributed by atoms with Gasteiger partial charge in [-0.3, -0.25) is 5.41 Å². The standard InChI is InChI=1S/C24H22BrN5O2S/c1-2-15(16-8-4-3-5-9-16)12-30-14-27-21(26)20-22(30)29-24(28-20)33-19-13-31-23(32-19)17-10-6-7-11-18(17)25/h3-11,13-15,23,26H,2,12H2,1H3,(H,28,29). The lowest BCUT2D eigenvalue weighted by atomic mass is 9.96. The Balaban J connectivity index is 1.37. The Morgan fingerprint density at radius 2 is 1.97 bits per heavy atom. The minimum absolute atomic E-state index is 0.164. The number of nitrogens with one attached hydrogen (secondary N) is 2. The maximum atomic E-state index is 8.24. The summed E-state index contributed by atoms with van der Waals surface area (Å²) in [6.45, 7) is 2.91. The molecule has 0 bridgehead atoms. The van der Waals surface area contributed by atoms with Gasteiger partial charge in [-0.25, -0.2) is 9.97 Å². The number of fused-ring (bicyclic) bond motifs is 1. The number of H-pyrrole nitrogens is 1. The summed E-state index contributed by atoms with van der Waals surface area (Å²) in [6, 6.07) is 18.2. The molecule has 3 heterocycles. The summed E-state index contributed by atoms with van der Waals surface area (Å²) in [5, 5.41) is 9.45. The number of hydrogen-bond acceptors (Lipinski definition) is 6. The minimum atomic E-state index is -0.512. The van der Waals surface area contributed by atoms with Gasteiger partial charge in [0.2, 0.25) is 5.09 Å².